The van der Waals surface area contributed by atoms with Crippen molar-refractivity contribution in [2.75, 3.05) is 5.32 Å². The van der Waals surface area contributed by atoms with Gasteiger partial charge in [-0.1, -0.05) is 12.1 Å². The first-order valence-electron chi connectivity index (χ1n) is 9.58. The molecule has 0 spiro atoms. The van der Waals surface area contributed by atoms with Gasteiger partial charge in [0.05, 0.1) is 17.3 Å². The van der Waals surface area contributed by atoms with Crippen molar-refractivity contribution in [1.82, 2.24) is 29.7 Å². The van der Waals surface area contributed by atoms with Gasteiger partial charge in [-0.15, -0.1) is 0 Å². The Bertz CT molecular complexity index is 1380. The van der Waals surface area contributed by atoms with Crippen LogP contribution in [0.1, 0.15) is 30.8 Å². The summed E-state index contributed by atoms with van der Waals surface area (Å²) in [5.74, 6) is -0.828. The lowest BCUT2D eigenvalue weighted by Gasteiger charge is -2.13. The molecule has 0 bridgehead atoms. The van der Waals surface area contributed by atoms with Gasteiger partial charge in [0, 0.05) is 23.5 Å². The highest BCUT2D eigenvalue weighted by molar-refractivity contribution is 6.04. The Morgan fingerprint density at radius 2 is 1.94 bits per heavy atom. The number of aryl methyl sites for hydroxylation is 1. The molecule has 156 valence electrons. The first-order chi connectivity index (χ1) is 14.8. The zero-order valence-electron chi connectivity index (χ0n) is 16.9. The van der Waals surface area contributed by atoms with E-state index in [9.17, 15) is 13.6 Å². The molecule has 4 heterocycles. The van der Waals surface area contributed by atoms with E-state index in [1.54, 1.807) is 33.2 Å². The molecule has 1 aliphatic rings. The predicted molar refractivity (Wildman–Crippen MR) is 108 cm³/mol. The maximum Gasteiger partial charge on any atom is 0.235 e. The third-order valence-electron chi connectivity index (χ3n) is 5.43. The Morgan fingerprint density at radius 3 is 2.74 bits per heavy atom. The number of carbonyl (C=O) groups excluding carboxylic acids is 1. The van der Waals surface area contributed by atoms with Gasteiger partial charge in [-0.25, -0.2) is 33.4 Å². The van der Waals surface area contributed by atoms with Gasteiger partial charge < -0.3 is 5.32 Å². The predicted octanol–water partition coefficient (Wildman–Crippen LogP) is 3.15. The van der Waals surface area contributed by atoms with Crippen LogP contribution in [0.4, 0.5) is 14.6 Å². The number of hydrogen-bond acceptors (Lipinski definition) is 6. The summed E-state index contributed by atoms with van der Waals surface area (Å²) in [5, 5.41) is 7.86. The summed E-state index contributed by atoms with van der Waals surface area (Å²) in [6.45, 7) is 5.28. The lowest BCUT2D eigenvalue weighted by molar-refractivity contribution is -0.119. The van der Waals surface area contributed by atoms with Gasteiger partial charge >= 0.3 is 0 Å². The molecular weight excluding hydrogens is 404 g/mol. The molecule has 8 nitrogen and oxygen atoms in total. The van der Waals surface area contributed by atoms with Crippen molar-refractivity contribution in [2.24, 2.45) is 0 Å². The summed E-state index contributed by atoms with van der Waals surface area (Å²) >= 11 is 0. The summed E-state index contributed by atoms with van der Waals surface area (Å²) in [6.07, 6.45) is 3.19. The van der Waals surface area contributed by atoms with E-state index < -0.39 is 17.0 Å². The Hall–Kier alpha value is -3.82. The minimum absolute atomic E-state index is 0.0365. The lowest BCUT2D eigenvalue weighted by atomic mass is 9.88. The van der Waals surface area contributed by atoms with Crippen molar-refractivity contribution in [1.29, 1.82) is 0 Å². The maximum absolute atomic E-state index is 14.2. The molecule has 0 radical (unpaired) electrons. The molecule has 0 unspecified atom stereocenters. The molecule has 0 aliphatic carbocycles. The summed E-state index contributed by atoms with van der Waals surface area (Å²) in [6, 6.07) is 3.99. The van der Waals surface area contributed by atoms with Crippen molar-refractivity contribution >= 4 is 22.8 Å². The van der Waals surface area contributed by atoms with E-state index in [0.29, 0.717) is 33.9 Å². The van der Waals surface area contributed by atoms with E-state index in [0.717, 1.165) is 6.07 Å². The van der Waals surface area contributed by atoms with Crippen LogP contribution < -0.4 is 5.32 Å². The van der Waals surface area contributed by atoms with Gasteiger partial charge in [-0.2, -0.15) is 5.10 Å². The summed E-state index contributed by atoms with van der Waals surface area (Å²) < 4.78 is 29.4. The molecule has 10 heteroatoms. The summed E-state index contributed by atoms with van der Waals surface area (Å²) in [4.78, 5) is 29.8. The van der Waals surface area contributed by atoms with Crippen molar-refractivity contribution in [3.8, 4) is 11.5 Å². The Morgan fingerprint density at radius 1 is 1.13 bits per heavy atom. The lowest BCUT2D eigenvalue weighted by Crippen LogP contribution is -2.26. The van der Waals surface area contributed by atoms with Crippen LogP contribution in [0.2, 0.25) is 0 Å². The molecule has 0 fully saturated rings. The van der Waals surface area contributed by atoms with Crippen molar-refractivity contribution in [3.63, 3.8) is 0 Å². The topological polar surface area (TPSA) is 98.5 Å². The summed E-state index contributed by atoms with van der Waals surface area (Å²) in [5.41, 5.74) is 0.924. The Labute approximate surface area is 175 Å². The van der Waals surface area contributed by atoms with Gasteiger partial charge in [0.15, 0.2) is 23.1 Å². The number of hydrogen-bond donors (Lipinski definition) is 1. The first kappa shape index (κ1) is 19.2. The highest BCUT2D eigenvalue weighted by Gasteiger charge is 2.40. The molecular formula is C21H17F2N7O. The van der Waals surface area contributed by atoms with Crippen molar-refractivity contribution in [2.45, 2.75) is 32.7 Å². The van der Waals surface area contributed by atoms with E-state index >= 15 is 0 Å². The molecule has 5 rings (SSSR count). The first-order valence-corrected chi connectivity index (χ1v) is 9.58. The molecule has 1 N–H and O–H groups in total. The number of rotatable bonds is 3. The number of nitrogens with zero attached hydrogens (tertiary/aromatic N) is 6. The molecule has 0 atom stereocenters. The van der Waals surface area contributed by atoms with E-state index in [4.69, 9.17) is 0 Å². The normalized spacial score (nSPS) is 14.7. The molecule has 4 aromatic rings. The smallest absolute Gasteiger partial charge is 0.235 e. The molecule has 3 aromatic heterocycles. The third kappa shape index (κ3) is 2.94. The second kappa shape index (κ2) is 6.59. The van der Waals surface area contributed by atoms with Gasteiger partial charge in [0.2, 0.25) is 5.91 Å². The van der Waals surface area contributed by atoms with Crippen LogP contribution >= 0.6 is 0 Å². The van der Waals surface area contributed by atoms with Gasteiger partial charge in [-0.05, 0) is 26.8 Å². The average Bonchev–Trinajstić information content (AvgIpc) is 3.19. The Kier molecular flexibility index (Phi) is 4.07. The van der Waals surface area contributed by atoms with Crippen molar-refractivity contribution in [3.05, 3.63) is 59.2 Å². The second-order valence-corrected chi connectivity index (χ2v) is 7.91. The molecule has 0 saturated heterocycles. The van der Waals surface area contributed by atoms with Crippen LogP contribution in [-0.4, -0.2) is 35.6 Å². The van der Waals surface area contributed by atoms with E-state index in [1.807, 2.05) is 0 Å². The molecule has 1 aromatic carbocycles. The van der Waals surface area contributed by atoms with Crippen LogP contribution in [0.5, 0.6) is 0 Å². The average molecular weight is 421 g/mol. The number of nitrogens with one attached hydrogen (secondary N) is 1. The van der Waals surface area contributed by atoms with Crippen LogP contribution in [0, 0.1) is 18.6 Å². The minimum Gasteiger partial charge on any atom is -0.310 e. The third-order valence-corrected chi connectivity index (χ3v) is 5.43. The molecule has 0 saturated carbocycles. The largest absolute Gasteiger partial charge is 0.310 e. The minimum atomic E-state index is -0.933. The van der Waals surface area contributed by atoms with Gasteiger partial charge in [0.1, 0.15) is 17.3 Å². The zero-order chi connectivity index (χ0) is 21.9. The standard InChI is InChI=1S/C21H17F2N7O/c1-10-24-7-12-16(18-25-8-13-17(27-18)28-20(31)21(13,2)3)29-30(19(12)26-10)9-11-5-4-6-14(22)15(11)23/h4-8H,9H2,1-3H3,(H,25,27,28,31). The van der Waals surface area contributed by atoms with Crippen molar-refractivity contribution < 1.29 is 13.6 Å². The van der Waals surface area contributed by atoms with Crippen LogP contribution in [0.15, 0.2) is 30.6 Å². The molecule has 1 amide bonds. The Balaban J connectivity index is 1.65. The number of anilines is 1. The molecule has 1 aliphatic heterocycles. The van der Waals surface area contributed by atoms with E-state index in [2.05, 4.69) is 30.4 Å². The second-order valence-electron chi connectivity index (χ2n) is 7.91. The number of carbonyl (C=O) groups is 1. The van der Waals surface area contributed by atoms with E-state index in [1.165, 1.54) is 16.8 Å². The number of aromatic nitrogens is 6. The number of halogens is 2. The quantitative estimate of drug-likeness (QED) is 0.546. The fourth-order valence-electron chi connectivity index (χ4n) is 3.59. The van der Waals surface area contributed by atoms with Gasteiger partial charge in [-0.3, -0.25) is 4.79 Å². The van der Waals surface area contributed by atoms with Gasteiger partial charge in [0.25, 0.3) is 0 Å². The van der Waals surface area contributed by atoms with Crippen LogP contribution in [0.3, 0.4) is 0 Å². The number of benzene rings is 1. The fourth-order valence-corrected chi connectivity index (χ4v) is 3.59. The SMILES string of the molecule is Cc1ncc2c(-c3ncc4c(n3)NC(=O)C4(C)C)nn(Cc3cccc(F)c3F)c2n1. The number of fused-ring (bicyclic) bond motifs is 2. The van der Waals surface area contributed by atoms with E-state index in [-0.39, 0.29) is 23.8 Å². The highest BCUT2D eigenvalue weighted by Crippen LogP contribution is 2.37. The zero-order valence-corrected chi connectivity index (χ0v) is 16.9. The van der Waals surface area contributed by atoms with Crippen LogP contribution in [0.25, 0.3) is 22.6 Å². The molecule has 31 heavy (non-hydrogen) atoms. The van der Waals surface area contributed by atoms with Crippen LogP contribution in [-0.2, 0) is 16.8 Å². The number of amides is 1. The monoisotopic (exact) mass is 421 g/mol. The maximum atomic E-state index is 14.2. The highest BCUT2D eigenvalue weighted by atomic mass is 19.2. The summed E-state index contributed by atoms with van der Waals surface area (Å²) in [7, 11) is 0. The fraction of sp³-hybridized carbons (Fsp3) is 0.238.